The van der Waals surface area contributed by atoms with Gasteiger partial charge in [0.1, 0.15) is 0 Å². The van der Waals surface area contributed by atoms with E-state index in [0.29, 0.717) is 0 Å². The van der Waals surface area contributed by atoms with Crippen molar-refractivity contribution < 1.29 is 0 Å². The molecule has 1 aromatic heterocycles. The molecule has 0 bridgehead atoms. The standard InChI is InChI=1S/C16H15NS/c1-2-18-16-15(12-8-4-3-5-9-12)13-10-6-7-11-14(13)17-16/h3-11,17H,2H2,1H3. The lowest BCUT2D eigenvalue weighted by molar-refractivity contribution is 1.24. The van der Waals surface area contributed by atoms with E-state index in [4.69, 9.17) is 0 Å². The molecule has 0 amide bonds. The molecule has 2 heteroatoms. The average Bonchev–Trinajstić information content (AvgIpc) is 2.78. The molecule has 0 unspecified atom stereocenters. The highest BCUT2D eigenvalue weighted by atomic mass is 32.2. The van der Waals surface area contributed by atoms with Gasteiger partial charge < -0.3 is 4.98 Å². The van der Waals surface area contributed by atoms with Gasteiger partial charge >= 0.3 is 0 Å². The molecule has 0 saturated heterocycles. The minimum absolute atomic E-state index is 1.08. The fourth-order valence-electron chi connectivity index (χ4n) is 2.26. The first-order valence-electron chi connectivity index (χ1n) is 6.19. The van der Waals surface area contributed by atoms with Crippen molar-refractivity contribution in [1.29, 1.82) is 0 Å². The number of hydrogen-bond acceptors (Lipinski definition) is 1. The van der Waals surface area contributed by atoms with Gasteiger partial charge in [0.15, 0.2) is 0 Å². The SMILES string of the molecule is CCSc1[nH]c2ccccc2c1-c1ccccc1. The molecule has 0 aliphatic carbocycles. The van der Waals surface area contributed by atoms with E-state index in [9.17, 15) is 0 Å². The van der Waals surface area contributed by atoms with Gasteiger partial charge in [0, 0.05) is 16.5 Å². The predicted octanol–water partition coefficient (Wildman–Crippen LogP) is 4.95. The maximum absolute atomic E-state index is 3.53. The molecule has 0 atom stereocenters. The van der Waals surface area contributed by atoms with Gasteiger partial charge in [-0.2, -0.15) is 0 Å². The maximum atomic E-state index is 3.53. The lowest BCUT2D eigenvalue weighted by Crippen LogP contribution is -1.79. The third-order valence-corrected chi connectivity index (χ3v) is 3.91. The summed E-state index contributed by atoms with van der Waals surface area (Å²) in [6, 6.07) is 19.1. The Morgan fingerprint density at radius 1 is 0.944 bits per heavy atom. The first-order chi connectivity index (χ1) is 8.90. The van der Waals surface area contributed by atoms with Crippen LogP contribution in [0.3, 0.4) is 0 Å². The monoisotopic (exact) mass is 253 g/mol. The minimum Gasteiger partial charge on any atom is -0.349 e. The molecule has 90 valence electrons. The molecule has 1 nitrogen and oxygen atoms in total. The Bertz CT molecular complexity index is 655. The van der Waals surface area contributed by atoms with Crippen LogP contribution in [0.1, 0.15) is 6.92 Å². The molecule has 3 rings (SSSR count). The Morgan fingerprint density at radius 2 is 1.67 bits per heavy atom. The van der Waals surface area contributed by atoms with Gasteiger partial charge in [0.05, 0.1) is 5.03 Å². The molecular weight excluding hydrogens is 238 g/mol. The first kappa shape index (κ1) is 11.4. The van der Waals surface area contributed by atoms with E-state index in [1.807, 2.05) is 11.8 Å². The van der Waals surface area contributed by atoms with E-state index >= 15 is 0 Å². The molecule has 0 radical (unpaired) electrons. The summed E-state index contributed by atoms with van der Waals surface area (Å²) < 4.78 is 0. The van der Waals surface area contributed by atoms with Crippen molar-refractivity contribution in [2.24, 2.45) is 0 Å². The van der Waals surface area contributed by atoms with Gasteiger partial charge in [-0.15, -0.1) is 11.8 Å². The molecule has 0 aliphatic rings. The lowest BCUT2D eigenvalue weighted by atomic mass is 10.1. The van der Waals surface area contributed by atoms with Gasteiger partial charge in [-0.3, -0.25) is 0 Å². The number of aromatic nitrogens is 1. The van der Waals surface area contributed by atoms with Crippen LogP contribution in [0.2, 0.25) is 0 Å². The number of nitrogens with one attached hydrogen (secondary N) is 1. The third-order valence-electron chi connectivity index (χ3n) is 3.02. The zero-order chi connectivity index (χ0) is 12.4. The largest absolute Gasteiger partial charge is 0.349 e. The van der Waals surface area contributed by atoms with E-state index in [2.05, 4.69) is 66.5 Å². The molecular formula is C16H15NS. The molecule has 0 aliphatic heterocycles. The Kier molecular flexibility index (Phi) is 3.11. The van der Waals surface area contributed by atoms with E-state index in [1.165, 1.54) is 27.1 Å². The molecule has 1 heterocycles. The van der Waals surface area contributed by atoms with Crippen molar-refractivity contribution in [2.45, 2.75) is 11.9 Å². The van der Waals surface area contributed by atoms with Crippen LogP contribution in [-0.2, 0) is 0 Å². The molecule has 1 N–H and O–H groups in total. The summed E-state index contributed by atoms with van der Waals surface area (Å²) in [5.74, 6) is 1.08. The number of H-pyrrole nitrogens is 1. The predicted molar refractivity (Wildman–Crippen MR) is 80.1 cm³/mol. The van der Waals surface area contributed by atoms with Gasteiger partial charge in [0.25, 0.3) is 0 Å². The zero-order valence-corrected chi connectivity index (χ0v) is 11.1. The molecule has 18 heavy (non-hydrogen) atoms. The Hall–Kier alpha value is -1.67. The molecule has 2 aromatic carbocycles. The number of para-hydroxylation sites is 1. The van der Waals surface area contributed by atoms with Crippen molar-refractivity contribution in [3.8, 4) is 11.1 Å². The molecule has 0 spiro atoms. The van der Waals surface area contributed by atoms with Crippen molar-refractivity contribution in [3.63, 3.8) is 0 Å². The summed E-state index contributed by atoms with van der Waals surface area (Å²) >= 11 is 1.87. The van der Waals surface area contributed by atoms with E-state index in [1.54, 1.807) is 0 Å². The Morgan fingerprint density at radius 3 is 2.44 bits per heavy atom. The highest BCUT2D eigenvalue weighted by Gasteiger charge is 2.12. The molecule has 0 fully saturated rings. The Balaban J connectivity index is 2.28. The first-order valence-corrected chi connectivity index (χ1v) is 7.17. The summed E-state index contributed by atoms with van der Waals surface area (Å²) in [6.45, 7) is 2.19. The normalized spacial score (nSPS) is 10.9. The number of hydrogen-bond donors (Lipinski definition) is 1. The molecule has 0 saturated carbocycles. The number of thioether (sulfide) groups is 1. The van der Waals surface area contributed by atoms with E-state index in [0.717, 1.165) is 5.75 Å². The number of benzene rings is 2. The maximum Gasteiger partial charge on any atom is 0.0812 e. The fraction of sp³-hybridized carbons (Fsp3) is 0.125. The average molecular weight is 253 g/mol. The summed E-state index contributed by atoms with van der Waals surface area (Å²) in [5, 5.41) is 2.57. The highest BCUT2D eigenvalue weighted by molar-refractivity contribution is 7.99. The topological polar surface area (TPSA) is 15.8 Å². The van der Waals surface area contributed by atoms with E-state index in [-0.39, 0.29) is 0 Å². The van der Waals surface area contributed by atoms with Crippen molar-refractivity contribution in [1.82, 2.24) is 4.98 Å². The number of rotatable bonds is 3. The lowest BCUT2D eigenvalue weighted by Gasteiger charge is -2.03. The van der Waals surface area contributed by atoms with Crippen LogP contribution in [0.25, 0.3) is 22.0 Å². The number of aromatic amines is 1. The van der Waals surface area contributed by atoms with Crippen molar-refractivity contribution >= 4 is 22.7 Å². The van der Waals surface area contributed by atoms with Crippen LogP contribution in [0.4, 0.5) is 0 Å². The quantitative estimate of drug-likeness (QED) is 0.653. The number of fused-ring (bicyclic) bond motifs is 1. The third kappa shape index (κ3) is 1.93. The van der Waals surface area contributed by atoms with Crippen LogP contribution in [0, 0.1) is 0 Å². The fourth-order valence-corrected chi connectivity index (χ4v) is 3.10. The summed E-state index contributed by atoms with van der Waals surface area (Å²) in [7, 11) is 0. The summed E-state index contributed by atoms with van der Waals surface area (Å²) in [6.07, 6.45) is 0. The van der Waals surface area contributed by atoms with Gasteiger partial charge in [-0.25, -0.2) is 0 Å². The van der Waals surface area contributed by atoms with Crippen LogP contribution in [0.5, 0.6) is 0 Å². The minimum atomic E-state index is 1.08. The van der Waals surface area contributed by atoms with E-state index < -0.39 is 0 Å². The highest BCUT2D eigenvalue weighted by Crippen LogP contribution is 2.37. The van der Waals surface area contributed by atoms with Crippen LogP contribution < -0.4 is 0 Å². The van der Waals surface area contributed by atoms with Gasteiger partial charge in [0.2, 0.25) is 0 Å². The molecule has 3 aromatic rings. The van der Waals surface area contributed by atoms with Gasteiger partial charge in [-0.1, -0.05) is 55.5 Å². The van der Waals surface area contributed by atoms with Crippen molar-refractivity contribution in [2.75, 3.05) is 5.75 Å². The zero-order valence-electron chi connectivity index (χ0n) is 10.3. The van der Waals surface area contributed by atoms with Crippen LogP contribution in [-0.4, -0.2) is 10.7 Å². The second-order valence-corrected chi connectivity index (χ2v) is 5.45. The van der Waals surface area contributed by atoms with Gasteiger partial charge in [-0.05, 0) is 17.4 Å². The Labute approximate surface area is 111 Å². The van der Waals surface area contributed by atoms with Crippen LogP contribution in [0.15, 0.2) is 59.6 Å². The summed E-state index contributed by atoms with van der Waals surface area (Å²) in [4.78, 5) is 3.53. The second kappa shape index (κ2) is 4.91. The van der Waals surface area contributed by atoms with Crippen molar-refractivity contribution in [3.05, 3.63) is 54.6 Å². The van der Waals surface area contributed by atoms with Crippen LogP contribution >= 0.6 is 11.8 Å². The second-order valence-electron chi connectivity index (χ2n) is 4.17. The smallest absolute Gasteiger partial charge is 0.0812 e. The summed E-state index contributed by atoms with van der Waals surface area (Å²) in [5.41, 5.74) is 3.83.